The highest BCUT2D eigenvalue weighted by Crippen LogP contribution is 2.36. The van der Waals surface area contributed by atoms with Crippen LogP contribution in [0.4, 0.5) is 28.2 Å². The molecule has 1 fully saturated rings. The number of nitrogens with one attached hydrogen (secondary N) is 1. The molecule has 2 aromatic carbocycles. The van der Waals surface area contributed by atoms with E-state index in [4.69, 9.17) is 4.74 Å². The van der Waals surface area contributed by atoms with E-state index in [1.807, 2.05) is 17.9 Å². The Kier molecular flexibility index (Phi) is 10.1. The van der Waals surface area contributed by atoms with Gasteiger partial charge < -0.3 is 19.3 Å². The Balaban J connectivity index is 1.29. The lowest BCUT2D eigenvalue weighted by Crippen LogP contribution is -2.45. The molecule has 2 aliphatic heterocycles. The number of hydrogen-bond donors (Lipinski definition) is 1. The Morgan fingerprint density at radius 2 is 1.76 bits per heavy atom. The number of rotatable bonds is 8. The number of pyridine rings is 1. The Morgan fingerprint density at radius 1 is 1.02 bits per heavy atom. The monoisotopic (exact) mass is 643 g/mol. The molecule has 0 spiro atoms. The molecular weight excluding hydrogens is 606 g/mol. The molecule has 2 amide bonds. The molecule has 3 heterocycles. The van der Waals surface area contributed by atoms with Crippen LogP contribution in [0.3, 0.4) is 0 Å². The largest absolute Gasteiger partial charge is 0.454 e. The summed E-state index contributed by atoms with van der Waals surface area (Å²) in [5.41, 5.74) is 1.57. The van der Waals surface area contributed by atoms with Crippen LogP contribution in [-0.2, 0) is 35.1 Å². The van der Waals surface area contributed by atoms with Crippen molar-refractivity contribution >= 4 is 17.8 Å². The topological polar surface area (TPSA) is 87.2 Å². The van der Waals surface area contributed by atoms with Gasteiger partial charge in [0.05, 0.1) is 31.3 Å². The number of amides is 2. The van der Waals surface area contributed by atoms with Crippen molar-refractivity contribution in [2.24, 2.45) is 0 Å². The average molecular weight is 644 g/mol. The molecule has 5 rings (SSSR count). The van der Waals surface area contributed by atoms with Crippen molar-refractivity contribution in [2.45, 2.75) is 45.5 Å². The maximum absolute atomic E-state index is 14.5. The molecular formula is C33H37F4N5O4. The molecule has 1 saturated heterocycles. The second kappa shape index (κ2) is 14.0. The predicted molar refractivity (Wildman–Crippen MR) is 163 cm³/mol. The van der Waals surface area contributed by atoms with Crippen molar-refractivity contribution in [3.63, 3.8) is 0 Å². The summed E-state index contributed by atoms with van der Waals surface area (Å²) in [5.74, 6) is -0.885. The van der Waals surface area contributed by atoms with Crippen LogP contribution in [0, 0.1) is 5.82 Å². The number of fused-ring (bicyclic) bond motifs is 1. The summed E-state index contributed by atoms with van der Waals surface area (Å²) in [4.78, 5) is 34.7. The summed E-state index contributed by atoms with van der Waals surface area (Å²) in [6, 6.07) is 10.3. The number of anilines is 1. The van der Waals surface area contributed by atoms with Crippen molar-refractivity contribution < 1.29 is 36.6 Å². The predicted octanol–water partition coefficient (Wildman–Crippen LogP) is 6.04. The highest BCUT2D eigenvalue weighted by molar-refractivity contribution is 5.83. The number of ether oxygens (including phenoxy) is 2. The number of alkyl halides is 3. The van der Waals surface area contributed by atoms with Crippen LogP contribution in [0.5, 0.6) is 11.5 Å². The highest BCUT2D eigenvalue weighted by Gasteiger charge is 2.35. The van der Waals surface area contributed by atoms with Crippen molar-refractivity contribution in [1.82, 2.24) is 19.7 Å². The van der Waals surface area contributed by atoms with E-state index in [0.717, 1.165) is 43.0 Å². The summed E-state index contributed by atoms with van der Waals surface area (Å²) in [5, 5.41) is 2.35. The first-order valence-corrected chi connectivity index (χ1v) is 15.2. The summed E-state index contributed by atoms with van der Waals surface area (Å²) in [7, 11) is 1.19. The van der Waals surface area contributed by atoms with E-state index >= 15 is 0 Å². The minimum absolute atomic E-state index is 0.0304. The fraction of sp³-hybridized carbons (Fsp3) is 0.424. The van der Waals surface area contributed by atoms with Gasteiger partial charge in [0.2, 0.25) is 5.91 Å². The van der Waals surface area contributed by atoms with Gasteiger partial charge in [-0.1, -0.05) is 25.1 Å². The summed E-state index contributed by atoms with van der Waals surface area (Å²) >= 11 is 0. The van der Waals surface area contributed by atoms with Crippen LogP contribution >= 0.6 is 0 Å². The quantitative estimate of drug-likeness (QED) is 0.300. The molecule has 9 nitrogen and oxygen atoms in total. The SMILES string of the molecule is CCN1CCN(Cc2ccc(CC(=O)N3CCc4ccc(Oc5cc(NC(=O)OC)ncc5F)cc4[C@@H]3C)cc2C(F)(F)F)CC1. The van der Waals surface area contributed by atoms with Crippen LogP contribution in [0.25, 0.3) is 0 Å². The van der Waals surface area contributed by atoms with Crippen LogP contribution in [-0.4, -0.2) is 78.1 Å². The van der Waals surface area contributed by atoms with Gasteiger partial charge in [0.25, 0.3) is 0 Å². The number of hydrogen-bond acceptors (Lipinski definition) is 7. The maximum atomic E-state index is 14.5. The molecule has 1 N–H and O–H groups in total. The van der Waals surface area contributed by atoms with E-state index in [0.29, 0.717) is 37.4 Å². The number of aromatic nitrogens is 1. The first kappa shape index (κ1) is 33.1. The zero-order valence-corrected chi connectivity index (χ0v) is 26.0. The molecule has 1 atom stereocenters. The van der Waals surface area contributed by atoms with Crippen LogP contribution in [0.2, 0.25) is 0 Å². The number of halogens is 4. The molecule has 0 bridgehead atoms. The third-order valence-corrected chi connectivity index (χ3v) is 8.58. The molecule has 13 heteroatoms. The molecule has 0 saturated carbocycles. The molecule has 46 heavy (non-hydrogen) atoms. The number of piperazine rings is 1. The van der Waals surface area contributed by atoms with Crippen molar-refractivity contribution in [2.75, 3.05) is 51.7 Å². The fourth-order valence-electron chi connectivity index (χ4n) is 5.96. The number of methoxy groups -OCH3 is 1. The van der Waals surface area contributed by atoms with E-state index in [2.05, 4.69) is 26.9 Å². The summed E-state index contributed by atoms with van der Waals surface area (Å²) in [6.45, 7) is 8.51. The van der Waals surface area contributed by atoms with Gasteiger partial charge in [-0.05, 0) is 60.3 Å². The first-order valence-electron chi connectivity index (χ1n) is 15.2. The standard InChI is InChI=1S/C33H37F4N5O4/c1-4-40-11-13-41(14-12-40)20-24-6-5-22(15-27(24)33(35,36)37)16-31(43)42-10-9-23-7-8-25(17-26(23)21(42)2)46-29-18-30(38-19-28(29)34)39-32(44)45-3/h5-8,15,17-19,21H,4,9-14,16,20H2,1-3H3,(H,38,39,44)/t21-/m0/s1. The molecule has 3 aromatic rings. The van der Waals surface area contributed by atoms with Gasteiger partial charge in [0, 0.05) is 45.3 Å². The summed E-state index contributed by atoms with van der Waals surface area (Å²) in [6.07, 6.45) is -4.04. The normalized spacial score (nSPS) is 17.4. The van der Waals surface area contributed by atoms with Crippen molar-refractivity contribution in [3.8, 4) is 11.5 Å². The maximum Gasteiger partial charge on any atom is 0.416 e. The van der Waals surface area contributed by atoms with Crippen molar-refractivity contribution in [1.29, 1.82) is 0 Å². The molecule has 0 unspecified atom stereocenters. The smallest absolute Gasteiger partial charge is 0.416 e. The minimum atomic E-state index is -4.54. The van der Waals surface area contributed by atoms with E-state index < -0.39 is 29.7 Å². The summed E-state index contributed by atoms with van der Waals surface area (Å²) < 4.78 is 67.2. The Labute approximate surface area is 265 Å². The second-order valence-electron chi connectivity index (χ2n) is 11.5. The van der Waals surface area contributed by atoms with Crippen LogP contribution < -0.4 is 10.1 Å². The third-order valence-electron chi connectivity index (χ3n) is 8.58. The third kappa shape index (κ3) is 7.76. The lowest BCUT2D eigenvalue weighted by Gasteiger charge is -2.36. The highest BCUT2D eigenvalue weighted by atomic mass is 19.4. The number of carbonyl (C=O) groups excluding carboxylic acids is 2. The number of likely N-dealkylation sites (N-methyl/N-ethyl adjacent to an activating group) is 1. The number of carbonyl (C=O) groups is 2. The molecule has 0 aliphatic carbocycles. The second-order valence-corrected chi connectivity index (χ2v) is 11.5. The Morgan fingerprint density at radius 3 is 2.46 bits per heavy atom. The zero-order valence-electron chi connectivity index (χ0n) is 26.0. The Hall–Kier alpha value is -4.23. The van der Waals surface area contributed by atoms with Gasteiger partial charge in [-0.15, -0.1) is 0 Å². The van der Waals surface area contributed by atoms with Gasteiger partial charge in [0.1, 0.15) is 11.6 Å². The lowest BCUT2D eigenvalue weighted by atomic mass is 9.92. The fourth-order valence-corrected chi connectivity index (χ4v) is 5.96. The zero-order chi connectivity index (χ0) is 33.0. The van der Waals surface area contributed by atoms with E-state index in [1.165, 1.54) is 19.2 Å². The number of benzene rings is 2. The Bertz CT molecular complexity index is 1580. The van der Waals surface area contributed by atoms with Gasteiger partial charge in [-0.2, -0.15) is 13.2 Å². The molecule has 1 aromatic heterocycles. The van der Waals surface area contributed by atoms with E-state index in [9.17, 15) is 27.2 Å². The van der Waals surface area contributed by atoms with E-state index in [-0.39, 0.29) is 36.0 Å². The molecule has 2 aliphatic rings. The van der Waals surface area contributed by atoms with Crippen molar-refractivity contribution in [3.05, 3.63) is 82.3 Å². The number of nitrogens with zero attached hydrogens (tertiary/aromatic N) is 4. The molecule has 0 radical (unpaired) electrons. The minimum Gasteiger partial charge on any atom is -0.454 e. The van der Waals surface area contributed by atoms with E-state index in [1.54, 1.807) is 23.1 Å². The van der Waals surface area contributed by atoms with Gasteiger partial charge in [0.15, 0.2) is 11.6 Å². The average Bonchev–Trinajstić information content (AvgIpc) is 3.03. The van der Waals surface area contributed by atoms with Crippen LogP contribution in [0.1, 0.15) is 47.7 Å². The van der Waals surface area contributed by atoms with Gasteiger partial charge in [-0.3, -0.25) is 15.0 Å². The first-order chi connectivity index (χ1) is 21.9. The molecule has 246 valence electrons. The lowest BCUT2D eigenvalue weighted by molar-refractivity contribution is -0.139. The van der Waals surface area contributed by atoms with Gasteiger partial charge in [-0.25, -0.2) is 14.2 Å². The van der Waals surface area contributed by atoms with Crippen LogP contribution in [0.15, 0.2) is 48.7 Å². The van der Waals surface area contributed by atoms with Gasteiger partial charge >= 0.3 is 12.3 Å².